The van der Waals surface area contributed by atoms with Gasteiger partial charge in [-0.2, -0.15) is 0 Å². The van der Waals surface area contributed by atoms with Crippen molar-refractivity contribution >= 4 is 0 Å². The van der Waals surface area contributed by atoms with Crippen LogP contribution in [-0.4, -0.2) is 6.54 Å². The fraction of sp³-hybridized carbons (Fsp3) is 0.333. The van der Waals surface area contributed by atoms with E-state index >= 15 is 0 Å². The van der Waals surface area contributed by atoms with Crippen LogP contribution in [0.1, 0.15) is 30.0 Å². The van der Waals surface area contributed by atoms with Crippen molar-refractivity contribution in [2.45, 2.75) is 33.7 Å². The third-order valence-corrected chi connectivity index (χ3v) is 3.32. The van der Waals surface area contributed by atoms with Crippen molar-refractivity contribution in [1.82, 2.24) is 5.32 Å². The molecule has 2 rings (SSSR count). The molecule has 0 saturated carbocycles. The van der Waals surface area contributed by atoms with Gasteiger partial charge in [-0.15, -0.1) is 0 Å². The van der Waals surface area contributed by atoms with Crippen molar-refractivity contribution in [2.24, 2.45) is 0 Å². The standard InChI is InChI=1S/C18H22FNO/c1-4-9-20-12-15-10-13(2)5-7-18(15)21-17-8-6-16(19)11-14(17)3/h5-8,10-11,20H,4,9,12H2,1-3H3. The van der Waals surface area contributed by atoms with Crippen molar-refractivity contribution in [3.8, 4) is 11.5 Å². The summed E-state index contributed by atoms with van der Waals surface area (Å²) in [6.45, 7) is 7.80. The molecule has 0 aliphatic carbocycles. The summed E-state index contributed by atoms with van der Waals surface area (Å²) in [6.07, 6.45) is 1.10. The molecule has 0 aliphatic heterocycles. The van der Waals surface area contributed by atoms with E-state index in [1.165, 1.54) is 17.7 Å². The Bertz CT molecular complexity index is 610. The normalized spacial score (nSPS) is 10.7. The lowest BCUT2D eigenvalue weighted by molar-refractivity contribution is 0.467. The molecule has 0 saturated heterocycles. The van der Waals surface area contributed by atoms with Crippen LogP contribution in [0.15, 0.2) is 36.4 Å². The van der Waals surface area contributed by atoms with Gasteiger partial charge >= 0.3 is 0 Å². The molecule has 2 nitrogen and oxygen atoms in total. The van der Waals surface area contributed by atoms with Gasteiger partial charge in [0, 0.05) is 12.1 Å². The predicted octanol–water partition coefficient (Wildman–Crippen LogP) is 4.73. The molecule has 0 aliphatic rings. The SMILES string of the molecule is CCCNCc1cc(C)ccc1Oc1ccc(F)cc1C. The molecule has 0 fully saturated rings. The summed E-state index contributed by atoms with van der Waals surface area (Å²) in [6, 6.07) is 10.7. The van der Waals surface area contributed by atoms with Gasteiger partial charge < -0.3 is 10.1 Å². The molecule has 0 unspecified atom stereocenters. The van der Waals surface area contributed by atoms with Crippen molar-refractivity contribution in [3.05, 3.63) is 58.9 Å². The second-order valence-electron chi connectivity index (χ2n) is 5.30. The summed E-state index contributed by atoms with van der Waals surface area (Å²) < 4.78 is 19.1. The lowest BCUT2D eigenvalue weighted by Gasteiger charge is -2.14. The van der Waals surface area contributed by atoms with E-state index in [1.54, 1.807) is 6.07 Å². The molecule has 112 valence electrons. The molecule has 0 aromatic heterocycles. The molecule has 0 bridgehead atoms. The number of ether oxygens (including phenoxy) is 1. The number of benzene rings is 2. The Hall–Kier alpha value is -1.87. The number of aryl methyl sites for hydroxylation is 2. The first-order valence-electron chi connectivity index (χ1n) is 7.34. The number of hydrogen-bond acceptors (Lipinski definition) is 2. The summed E-state index contributed by atoms with van der Waals surface area (Å²) in [5, 5.41) is 3.39. The predicted molar refractivity (Wildman–Crippen MR) is 84.4 cm³/mol. The minimum Gasteiger partial charge on any atom is -0.457 e. The van der Waals surface area contributed by atoms with Crippen molar-refractivity contribution in [3.63, 3.8) is 0 Å². The molecule has 1 N–H and O–H groups in total. The Labute approximate surface area is 126 Å². The Morgan fingerprint density at radius 1 is 1.05 bits per heavy atom. The molecule has 0 spiro atoms. The lowest BCUT2D eigenvalue weighted by atomic mass is 10.1. The zero-order chi connectivity index (χ0) is 15.2. The maximum absolute atomic E-state index is 13.2. The molecular formula is C18H22FNO. The minimum atomic E-state index is -0.242. The van der Waals surface area contributed by atoms with Crippen LogP contribution >= 0.6 is 0 Å². The van der Waals surface area contributed by atoms with Gasteiger partial charge in [-0.05, 0) is 56.6 Å². The summed E-state index contributed by atoms with van der Waals surface area (Å²) in [4.78, 5) is 0. The average molecular weight is 287 g/mol. The van der Waals surface area contributed by atoms with Gasteiger partial charge in [-0.1, -0.05) is 24.6 Å². The van der Waals surface area contributed by atoms with Crippen LogP contribution < -0.4 is 10.1 Å². The summed E-state index contributed by atoms with van der Waals surface area (Å²) in [5.74, 6) is 1.27. The van der Waals surface area contributed by atoms with E-state index in [1.807, 2.05) is 19.1 Å². The zero-order valence-electron chi connectivity index (χ0n) is 12.9. The van der Waals surface area contributed by atoms with Gasteiger partial charge in [0.05, 0.1) is 0 Å². The lowest BCUT2D eigenvalue weighted by Crippen LogP contribution is -2.14. The van der Waals surface area contributed by atoms with E-state index in [0.717, 1.165) is 36.4 Å². The first-order valence-corrected chi connectivity index (χ1v) is 7.34. The van der Waals surface area contributed by atoms with Gasteiger partial charge in [-0.3, -0.25) is 0 Å². The molecular weight excluding hydrogens is 265 g/mol. The van der Waals surface area contributed by atoms with Gasteiger partial charge in [0.2, 0.25) is 0 Å². The molecule has 2 aromatic rings. The highest BCUT2D eigenvalue weighted by Gasteiger charge is 2.08. The van der Waals surface area contributed by atoms with E-state index < -0.39 is 0 Å². The molecule has 0 atom stereocenters. The Kier molecular flexibility index (Phi) is 5.34. The summed E-state index contributed by atoms with van der Waals surface area (Å²) in [7, 11) is 0. The maximum Gasteiger partial charge on any atom is 0.131 e. The van der Waals surface area contributed by atoms with Crippen molar-refractivity contribution in [2.75, 3.05) is 6.54 Å². The van der Waals surface area contributed by atoms with Crippen LogP contribution in [0.2, 0.25) is 0 Å². The third kappa shape index (κ3) is 4.30. The fourth-order valence-electron chi connectivity index (χ4n) is 2.19. The van der Waals surface area contributed by atoms with Crippen LogP contribution in [0.4, 0.5) is 4.39 Å². The molecule has 0 radical (unpaired) electrons. The Morgan fingerprint density at radius 3 is 2.52 bits per heavy atom. The van der Waals surface area contributed by atoms with Crippen LogP contribution in [0.5, 0.6) is 11.5 Å². The van der Waals surface area contributed by atoms with Crippen molar-refractivity contribution in [1.29, 1.82) is 0 Å². The van der Waals surface area contributed by atoms with Crippen molar-refractivity contribution < 1.29 is 9.13 Å². The quantitative estimate of drug-likeness (QED) is 0.775. The highest BCUT2D eigenvalue weighted by Crippen LogP contribution is 2.29. The maximum atomic E-state index is 13.2. The Morgan fingerprint density at radius 2 is 1.81 bits per heavy atom. The van der Waals surface area contributed by atoms with E-state index in [4.69, 9.17) is 4.74 Å². The molecule has 3 heteroatoms. The number of hydrogen-bond donors (Lipinski definition) is 1. The number of nitrogens with one attached hydrogen (secondary N) is 1. The van der Waals surface area contributed by atoms with Gasteiger partial charge in [-0.25, -0.2) is 4.39 Å². The highest BCUT2D eigenvalue weighted by molar-refractivity contribution is 5.42. The third-order valence-electron chi connectivity index (χ3n) is 3.32. The number of halogens is 1. The van der Waals surface area contributed by atoms with Gasteiger partial charge in [0.15, 0.2) is 0 Å². The second kappa shape index (κ2) is 7.23. The molecule has 0 heterocycles. The molecule has 0 amide bonds. The first kappa shape index (κ1) is 15.5. The van der Waals surface area contributed by atoms with E-state index in [9.17, 15) is 4.39 Å². The minimum absolute atomic E-state index is 0.242. The van der Waals surface area contributed by atoms with E-state index in [2.05, 4.69) is 25.2 Å². The first-order chi connectivity index (χ1) is 10.1. The van der Waals surface area contributed by atoms with Gasteiger partial charge in [0.25, 0.3) is 0 Å². The highest BCUT2D eigenvalue weighted by atomic mass is 19.1. The Balaban J connectivity index is 2.22. The van der Waals surface area contributed by atoms with E-state index in [-0.39, 0.29) is 5.82 Å². The summed E-state index contributed by atoms with van der Waals surface area (Å²) >= 11 is 0. The topological polar surface area (TPSA) is 21.3 Å². The molecule has 21 heavy (non-hydrogen) atoms. The second-order valence-corrected chi connectivity index (χ2v) is 5.30. The van der Waals surface area contributed by atoms with Crippen LogP contribution in [0.3, 0.4) is 0 Å². The van der Waals surface area contributed by atoms with Crippen LogP contribution in [0, 0.1) is 19.7 Å². The monoisotopic (exact) mass is 287 g/mol. The molecule has 2 aromatic carbocycles. The smallest absolute Gasteiger partial charge is 0.131 e. The van der Waals surface area contributed by atoms with Gasteiger partial charge in [0.1, 0.15) is 17.3 Å². The summed E-state index contributed by atoms with van der Waals surface area (Å²) in [5.41, 5.74) is 3.11. The fourth-order valence-corrected chi connectivity index (χ4v) is 2.19. The van der Waals surface area contributed by atoms with E-state index in [0.29, 0.717) is 5.75 Å². The van der Waals surface area contributed by atoms with Crippen LogP contribution in [0.25, 0.3) is 0 Å². The zero-order valence-corrected chi connectivity index (χ0v) is 12.9. The number of rotatable bonds is 6. The largest absolute Gasteiger partial charge is 0.457 e. The van der Waals surface area contributed by atoms with Crippen LogP contribution in [-0.2, 0) is 6.54 Å². The average Bonchev–Trinajstić information content (AvgIpc) is 2.44.